The van der Waals surface area contributed by atoms with E-state index in [0.29, 0.717) is 25.0 Å². The number of epoxide rings is 1. The third kappa shape index (κ3) is 29.4. The van der Waals surface area contributed by atoms with Crippen LogP contribution >= 0.6 is 7.82 Å². The second-order valence-electron chi connectivity index (χ2n) is 13.2. The summed E-state index contributed by atoms with van der Waals surface area (Å²) in [6, 6.07) is 0. The number of rotatable bonds is 32. The molecule has 0 radical (unpaired) electrons. The van der Waals surface area contributed by atoms with Crippen molar-refractivity contribution in [3.63, 3.8) is 0 Å². The van der Waals surface area contributed by atoms with E-state index in [-0.39, 0.29) is 19.4 Å². The van der Waals surface area contributed by atoms with Gasteiger partial charge in [0.2, 0.25) is 0 Å². The lowest BCUT2D eigenvalue weighted by atomic mass is 9.99. The largest absolute Gasteiger partial charge is 0.469 e. The van der Waals surface area contributed by atoms with Gasteiger partial charge in [0.25, 0.3) is 0 Å². The van der Waals surface area contributed by atoms with Crippen LogP contribution in [0.1, 0.15) is 143 Å². The number of ether oxygens (including phenoxy) is 3. The molecule has 1 aliphatic heterocycles. The molecular weight excluding hydrogens is 655 g/mol. The number of phosphoric ester groups is 1. The number of esters is 2. The molecule has 1 heterocycles. The van der Waals surface area contributed by atoms with E-state index in [9.17, 15) is 14.2 Å². The summed E-state index contributed by atoms with van der Waals surface area (Å²) in [5.74, 6) is -0.180. The molecule has 0 aromatic carbocycles. The van der Waals surface area contributed by atoms with Crippen molar-refractivity contribution < 1.29 is 42.7 Å². The summed E-state index contributed by atoms with van der Waals surface area (Å²) in [5.41, 5.74) is 0. The standard InChI is InChI=1S/C40H67O9P/c1-4-6-23-29-37-38(49-37)30-25-20-16-11-9-7-8-10-12-17-21-26-31-39(41)46-33-36(34-47-50(43,44)45)48-40(42)32-27-22-18-14-13-15-19-24-28-35(3)5-2/h6,8-11,17,20-21,23,25,35-38H,4-5,7,12-16,18-19,22,24,26-34H2,1-3H3,(H2,43,44,45)/b10-8-,11-9-,21-17-,23-6-,25-20-/t35?,36-,37?,38?/m1/s1. The topological polar surface area (TPSA) is 132 Å². The molecule has 0 aromatic rings. The number of carbonyl (C=O) groups excluding carboxylic acids is 2. The van der Waals surface area contributed by atoms with Gasteiger partial charge < -0.3 is 24.0 Å². The maximum absolute atomic E-state index is 12.3. The van der Waals surface area contributed by atoms with E-state index in [4.69, 9.17) is 24.0 Å². The van der Waals surface area contributed by atoms with Crippen molar-refractivity contribution in [2.75, 3.05) is 13.2 Å². The minimum absolute atomic E-state index is 0.137. The van der Waals surface area contributed by atoms with Crippen LogP contribution in [0, 0.1) is 5.92 Å². The fourth-order valence-corrected chi connectivity index (χ4v) is 5.54. The molecule has 0 aromatic heterocycles. The SMILES string of the molecule is CC/C=C\CC1OC1C/C=C\C/C=C\C/C=C\C/C=C\CCC(=O)OC[C@H](COP(=O)(O)O)OC(=O)CCCCCCCCCCC(C)CC. The summed E-state index contributed by atoms with van der Waals surface area (Å²) in [7, 11) is -4.77. The first-order chi connectivity index (χ1) is 24.1. The summed E-state index contributed by atoms with van der Waals surface area (Å²) < 4.78 is 31.9. The highest BCUT2D eigenvalue weighted by Gasteiger charge is 2.35. The van der Waals surface area contributed by atoms with Crippen LogP contribution in [0.2, 0.25) is 0 Å². The zero-order valence-corrected chi connectivity index (χ0v) is 32.0. The number of hydrogen-bond acceptors (Lipinski definition) is 7. The Morgan fingerprint density at radius 2 is 1.24 bits per heavy atom. The zero-order chi connectivity index (χ0) is 36.7. The molecule has 0 aliphatic carbocycles. The summed E-state index contributed by atoms with van der Waals surface area (Å²) in [4.78, 5) is 42.7. The molecule has 1 saturated heterocycles. The Balaban J connectivity index is 2.15. The second-order valence-corrected chi connectivity index (χ2v) is 14.4. The molecule has 0 spiro atoms. The molecule has 9 nitrogen and oxygen atoms in total. The molecule has 0 saturated carbocycles. The fraction of sp³-hybridized carbons (Fsp3) is 0.700. The number of hydrogen-bond donors (Lipinski definition) is 2. The van der Waals surface area contributed by atoms with Crippen molar-refractivity contribution in [3.8, 4) is 0 Å². The van der Waals surface area contributed by atoms with Crippen molar-refractivity contribution in [1.29, 1.82) is 0 Å². The van der Waals surface area contributed by atoms with Gasteiger partial charge in [0.05, 0.1) is 18.8 Å². The number of carbonyl (C=O) groups is 2. The summed E-state index contributed by atoms with van der Waals surface area (Å²) in [5, 5.41) is 0. The summed E-state index contributed by atoms with van der Waals surface area (Å²) >= 11 is 0. The van der Waals surface area contributed by atoms with Crippen LogP contribution < -0.4 is 0 Å². The monoisotopic (exact) mass is 722 g/mol. The average Bonchev–Trinajstić information content (AvgIpc) is 3.84. The van der Waals surface area contributed by atoms with Gasteiger partial charge in [0.15, 0.2) is 6.10 Å². The van der Waals surface area contributed by atoms with Gasteiger partial charge in [-0.1, -0.05) is 139 Å². The van der Waals surface area contributed by atoms with Gasteiger partial charge >= 0.3 is 19.8 Å². The van der Waals surface area contributed by atoms with Crippen molar-refractivity contribution in [2.24, 2.45) is 5.92 Å². The Kier molecular flexibility index (Phi) is 27.8. The maximum atomic E-state index is 12.3. The van der Waals surface area contributed by atoms with Crippen LogP contribution in [0.4, 0.5) is 0 Å². The molecule has 10 heteroatoms. The van der Waals surface area contributed by atoms with Gasteiger partial charge in [-0.05, 0) is 57.3 Å². The minimum Gasteiger partial charge on any atom is -0.462 e. The van der Waals surface area contributed by atoms with Crippen LogP contribution in [0.5, 0.6) is 0 Å². The molecule has 1 aliphatic rings. The van der Waals surface area contributed by atoms with Crippen molar-refractivity contribution in [2.45, 2.75) is 161 Å². The van der Waals surface area contributed by atoms with E-state index in [1.165, 1.54) is 38.5 Å². The Labute approximate surface area is 302 Å². The lowest BCUT2D eigenvalue weighted by molar-refractivity contribution is -0.161. The highest BCUT2D eigenvalue weighted by Crippen LogP contribution is 2.36. The highest BCUT2D eigenvalue weighted by molar-refractivity contribution is 7.46. The molecule has 1 rings (SSSR count). The van der Waals surface area contributed by atoms with Crippen molar-refractivity contribution in [3.05, 3.63) is 60.8 Å². The molecule has 2 N–H and O–H groups in total. The molecule has 3 unspecified atom stereocenters. The third-order valence-electron chi connectivity index (χ3n) is 8.51. The van der Waals surface area contributed by atoms with E-state index in [2.05, 4.69) is 73.9 Å². The van der Waals surface area contributed by atoms with Gasteiger partial charge in [-0.25, -0.2) is 4.57 Å². The van der Waals surface area contributed by atoms with E-state index in [1.54, 1.807) is 0 Å². The van der Waals surface area contributed by atoms with Gasteiger partial charge in [-0.3, -0.25) is 14.1 Å². The van der Waals surface area contributed by atoms with Crippen LogP contribution in [-0.2, 0) is 32.9 Å². The highest BCUT2D eigenvalue weighted by atomic mass is 31.2. The fourth-order valence-electron chi connectivity index (χ4n) is 5.18. The molecule has 286 valence electrons. The van der Waals surface area contributed by atoms with Gasteiger partial charge in [0, 0.05) is 12.8 Å². The Morgan fingerprint density at radius 3 is 1.82 bits per heavy atom. The Hall–Kier alpha value is -2.29. The summed E-state index contributed by atoms with van der Waals surface area (Å²) in [6.45, 7) is 5.79. The van der Waals surface area contributed by atoms with Crippen LogP contribution in [0.3, 0.4) is 0 Å². The maximum Gasteiger partial charge on any atom is 0.469 e. The molecule has 0 amide bonds. The van der Waals surface area contributed by atoms with Crippen LogP contribution in [-0.4, -0.2) is 53.3 Å². The van der Waals surface area contributed by atoms with E-state index >= 15 is 0 Å². The Morgan fingerprint density at radius 1 is 0.700 bits per heavy atom. The smallest absolute Gasteiger partial charge is 0.462 e. The molecular formula is C40H67O9P. The van der Waals surface area contributed by atoms with E-state index < -0.39 is 32.5 Å². The van der Waals surface area contributed by atoms with E-state index in [0.717, 1.165) is 63.7 Å². The van der Waals surface area contributed by atoms with Crippen molar-refractivity contribution in [1.82, 2.24) is 0 Å². The van der Waals surface area contributed by atoms with Gasteiger partial charge in [0.1, 0.15) is 6.61 Å². The minimum atomic E-state index is -4.77. The van der Waals surface area contributed by atoms with Crippen LogP contribution in [0.25, 0.3) is 0 Å². The predicted molar refractivity (Wildman–Crippen MR) is 201 cm³/mol. The summed E-state index contributed by atoms with van der Waals surface area (Å²) in [6.07, 6.45) is 38.6. The molecule has 0 bridgehead atoms. The van der Waals surface area contributed by atoms with Gasteiger partial charge in [-0.15, -0.1) is 0 Å². The predicted octanol–water partition coefficient (Wildman–Crippen LogP) is 10.2. The first kappa shape index (κ1) is 45.7. The lowest BCUT2D eigenvalue weighted by Crippen LogP contribution is -2.29. The number of phosphoric acid groups is 1. The first-order valence-electron chi connectivity index (χ1n) is 19.1. The first-order valence-corrected chi connectivity index (χ1v) is 20.6. The van der Waals surface area contributed by atoms with Crippen molar-refractivity contribution >= 4 is 19.8 Å². The average molecular weight is 723 g/mol. The molecule has 1 fully saturated rings. The molecule has 4 atom stereocenters. The lowest BCUT2D eigenvalue weighted by Gasteiger charge is -2.18. The number of allylic oxidation sites excluding steroid dienone is 8. The van der Waals surface area contributed by atoms with Gasteiger partial charge in [-0.2, -0.15) is 0 Å². The molecule has 50 heavy (non-hydrogen) atoms. The number of unbranched alkanes of at least 4 members (excludes halogenated alkanes) is 7. The quantitative estimate of drug-likeness (QED) is 0.0229. The Bertz CT molecular complexity index is 1070. The van der Waals surface area contributed by atoms with E-state index in [1.807, 2.05) is 12.2 Å². The van der Waals surface area contributed by atoms with Crippen LogP contribution in [0.15, 0.2) is 60.8 Å². The second kappa shape index (κ2) is 30.3. The normalized spacial score (nSPS) is 17.9. The third-order valence-corrected chi connectivity index (χ3v) is 8.99. The zero-order valence-electron chi connectivity index (χ0n) is 31.1.